The zero-order chi connectivity index (χ0) is 12.7. The SMILES string of the molecule is Fc1cc2c(cc1I)[nH]c(=S)n2C1CC=CCC1. The fourth-order valence-electron chi connectivity index (χ4n) is 2.50. The first-order chi connectivity index (χ1) is 8.66. The van der Waals surface area contributed by atoms with Crippen molar-refractivity contribution in [3.05, 3.63) is 38.4 Å². The molecule has 1 aromatic carbocycles. The van der Waals surface area contributed by atoms with Gasteiger partial charge in [0.2, 0.25) is 0 Å². The van der Waals surface area contributed by atoms with Gasteiger partial charge >= 0.3 is 0 Å². The Labute approximate surface area is 123 Å². The topological polar surface area (TPSA) is 20.7 Å². The van der Waals surface area contributed by atoms with Crippen LogP contribution >= 0.6 is 34.8 Å². The average Bonchev–Trinajstić information content (AvgIpc) is 2.66. The zero-order valence-electron chi connectivity index (χ0n) is 9.62. The number of aromatic amines is 1. The highest BCUT2D eigenvalue weighted by molar-refractivity contribution is 14.1. The molecule has 0 aliphatic heterocycles. The molecule has 18 heavy (non-hydrogen) atoms. The minimum atomic E-state index is -0.183. The smallest absolute Gasteiger partial charge is 0.178 e. The summed E-state index contributed by atoms with van der Waals surface area (Å²) in [6.07, 6.45) is 7.46. The van der Waals surface area contributed by atoms with Crippen LogP contribution < -0.4 is 0 Å². The number of fused-ring (bicyclic) bond motifs is 1. The number of nitrogens with one attached hydrogen (secondary N) is 1. The highest BCUT2D eigenvalue weighted by Gasteiger charge is 2.17. The van der Waals surface area contributed by atoms with Gasteiger partial charge in [0, 0.05) is 12.1 Å². The summed E-state index contributed by atoms with van der Waals surface area (Å²) >= 11 is 7.38. The molecule has 0 saturated heterocycles. The number of benzene rings is 1. The van der Waals surface area contributed by atoms with Crippen LogP contribution in [-0.2, 0) is 0 Å². The van der Waals surface area contributed by atoms with Crippen LogP contribution in [0.2, 0.25) is 0 Å². The van der Waals surface area contributed by atoms with E-state index in [2.05, 4.69) is 21.7 Å². The molecular formula is C13H12FIN2S. The molecule has 0 radical (unpaired) electrons. The second-order valence-electron chi connectivity index (χ2n) is 4.52. The molecule has 1 heterocycles. The van der Waals surface area contributed by atoms with Gasteiger partial charge in [0.25, 0.3) is 0 Å². The summed E-state index contributed by atoms with van der Waals surface area (Å²) in [5, 5.41) is 0. The molecule has 1 aromatic heterocycles. The maximum Gasteiger partial charge on any atom is 0.178 e. The Morgan fingerprint density at radius 2 is 2.22 bits per heavy atom. The molecule has 0 spiro atoms. The van der Waals surface area contributed by atoms with E-state index in [1.54, 1.807) is 6.07 Å². The van der Waals surface area contributed by atoms with Crippen LogP contribution in [-0.4, -0.2) is 9.55 Å². The fraction of sp³-hybridized carbons (Fsp3) is 0.308. The summed E-state index contributed by atoms with van der Waals surface area (Å²) in [5.41, 5.74) is 1.79. The van der Waals surface area contributed by atoms with Crippen LogP contribution in [0.5, 0.6) is 0 Å². The Morgan fingerprint density at radius 3 is 2.94 bits per heavy atom. The van der Waals surface area contributed by atoms with E-state index in [1.165, 1.54) is 0 Å². The number of hydrogen-bond acceptors (Lipinski definition) is 1. The van der Waals surface area contributed by atoms with Gasteiger partial charge in [-0.05, 0) is 60.1 Å². The lowest BCUT2D eigenvalue weighted by molar-refractivity contribution is 0.467. The summed E-state index contributed by atoms with van der Waals surface area (Å²) < 4.78 is 17.1. The van der Waals surface area contributed by atoms with Gasteiger partial charge in [0.05, 0.1) is 14.6 Å². The van der Waals surface area contributed by atoms with E-state index >= 15 is 0 Å². The van der Waals surface area contributed by atoms with Crippen molar-refractivity contribution in [3.63, 3.8) is 0 Å². The van der Waals surface area contributed by atoms with Crippen LogP contribution in [0.25, 0.3) is 11.0 Å². The molecule has 1 aliphatic rings. The zero-order valence-corrected chi connectivity index (χ0v) is 12.6. The van der Waals surface area contributed by atoms with Gasteiger partial charge in [-0.15, -0.1) is 0 Å². The highest BCUT2D eigenvalue weighted by Crippen LogP contribution is 2.29. The quantitative estimate of drug-likeness (QED) is 0.435. The van der Waals surface area contributed by atoms with Crippen molar-refractivity contribution in [2.45, 2.75) is 25.3 Å². The second kappa shape index (κ2) is 4.77. The van der Waals surface area contributed by atoms with Gasteiger partial charge in [0.1, 0.15) is 5.82 Å². The highest BCUT2D eigenvalue weighted by atomic mass is 127. The molecule has 5 heteroatoms. The first-order valence-electron chi connectivity index (χ1n) is 5.91. The van der Waals surface area contributed by atoms with E-state index < -0.39 is 0 Å². The number of imidazole rings is 1. The number of nitrogens with zero attached hydrogens (tertiary/aromatic N) is 1. The molecule has 0 fully saturated rings. The van der Waals surface area contributed by atoms with Gasteiger partial charge in [-0.3, -0.25) is 0 Å². The molecule has 3 rings (SSSR count). The number of H-pyrrole nitrogens is 1. The van der Waals surface area contributed by atoms with Crippen LogP contribution in [0.1, 0.15) is 25.3 Å². The summed E-state index contributed by atoms with van der Waals surface area (Å²) in [7, 11) is 0. The lowest BCUT2D eigenvalue weighted by Crippen LogP contribution is -2.10. The minimum absolute atomic E-state index is 0.183. The normalized spacial score (nSPS) is 19.6. The maximum absolute atomic E-state index is 13.7. The first kappa shape index (κ1) is 12.3. The van der Waals surface area contributed by atoms with Crippen molar-refractivity contribution < 1.29 is 4.39 Å². The number of rotatable bonds is 1. The summed E-state index contributed by atoms with van der Waals surface area (Å²) in [6, 6.07) is 3.74. The van der Waals surface area contributed by atoms with Gasteiger partial charge in [-0.25, -0.2) is 4.39 Å². The van der Waals surface area contributed by atoms with Crippen LogP contribution in [0.3, 0.4) is 0 Å². The number of hydrogen-bond donors (Lipinski definition) is 1. The fourth-order valence-corrected chi connectivity index (χ4v) is 3.32. The minimum Gasteiger partial charge on any atom is -0.331 e. The van der Waals surface area contributed by atoms with E-state index in [0.29, 0.717) is 14.4 Å². The lowest BCUT2D eigenvalue weighted by Gasteiger charge is -2.20. The van der Waals surface area contributed by atoms with E-state index in [1.807, 2.05) is 28.7 Å². The summed E-state index contributed by atoms with van der Waals surface area (Å²) in [4.78, 5) is 3.17. The Kier molecular flexibility index (Phi) is 3.27. The van der Waals surface area contributed by atoms with Gasteiger partial charge in [0.15, 0.2) is 4.77 Å². The molecule has 0 amide bonds. The van der Waals surface area contributed by atoms with E-state index in [0.717, 1.165) is 30.3 Å². The summed E-state index contributed by atoms with van der Waals surface area (Å²) in [5.74, 6) is -0.183. The van der Waals surface area contributed by atoms with E-state index in [-0.39, 0.29) is 5.82 Å². The third kappa shape index (κ3) is 2.03. The molecule has 94 valence electrons. The largest absolute Gasteiger partial charge is 0.331 e. The monoisotopic (exact) mass is 374 g/mol. The van der Waals surface area contributed by atoms with Gasteiger partial charge < -0.3 is 9.55 Å². The van der Waals surface area contributed by atoms with Crippen molar-refractivity contribution in [1.29, 1.82) is 0 Å². The molecule has 1 unspecified atom stereocenters. The standard InChI is InChI=1S/C13H12FIN2S/c14-9-6-12-11(7-10(9)15)16-13(18)17(12)8-4-2-1-3-5-8/h1-2,6-8H,3-5H2,(H,16,18). The number of allylic oxidation sites excluding steroid dienone is 2. The lowest BCUT2D eigenvalue weighted by atomic mass is 10.0. The molecular weight excluding hydrogens is 362 g/mol. The third-order valence-corrected chi connectivity index (χ3v) is 4.49. The van der Waals surface area contributed by atoms with Crippen LogP contribution in [0.15, 0.2) is 24.3 Å². The second-order valence-corrected chi connectivity index (χ2v) is 6.07. The molecule has 1 atom stereocenters. The third-order valence-electron chi connectivity index (χ3n) is 3.37. The van der Waals surface area contributed by atoms with Gasteiger partial charge in [-0.2, -0.15) is 0 Å². The first-order valence-corrected chi connectivity index (χ1v) is 7.40. The van der Waals surface area contributed by atoms with E-state index in [9.17, 15) is 4.39 Å². The van der Waals surface area contributed by atoms with Crippen molar-refractivity contribution in [2.75, 3.05) is 0 Å². The molecule has 1 N–H and O–H groups in total. The Morgan fingerprint density at radius 1 is 1.39 bits per heavy atom. The van der Waals surface area contributed by atoms with Crippen LogP contribution in [0.4, 0.5) is 4.39 Å². The van der Waals surface area contributed by atoms with Crippen molar-refractivity contribution in [1.82, 2.24) is 9.55 Å². The molecule has 1 aliphatic carbocycles. The number of aromatic nitrogens is 2. The summed E-state index contributed by atoms with van der Waals surface area (Å²) in [6.45, 7) is 0. The van der Waals surface area contributed by atoms with Crippen molar-refractivity contribution >= 4 is 45.8 Å². The predicted molar refractivity (Wildman–Crippen MR) is 81.8 cm³/mol. The molecule has 2 aromatic rings. The maximum atomic E-state index is 13.7. The van der Waals surface area contributed by atoms with Crippen molar-refractivity contribution in [2.24, 2.45) is 0 Å². The Bertz CT molecular complexity index is 686. The molecule has 0 bridgehead atoms. The van der Waals surface area contributed by atoms with Crippen molar-refractivity contribution in [3.8, 4) is 0 Å². The Balaban J connectivity index is 2.22. The van der Waals surface area contributed by atoms with Gasteiger partial charge in [-0.1, -0.05) is 12.2 Å². The average molecular weight is 374 g/mol. The van der Waals surface area contributed by atoms with Crippen LogP contribution in [0, 0.1) is 14.2 Å². The molecule has 2 nitrogen and oxygen atoms in total. The van der Waals surface area contributed by atoms with E-state index in [4.69, 9.17) is 12.2 Å². The predicted octanol–water partition coefficient (Wildman–Crippen LogP) is 4.72. The molecule has 0 saturated carbocycles. The Hall–Kier alpha value is -0.690. The number of halogens is 2.